The Bertz CT molecular complexity index is 7010. The van der Waals surface area contributed by atoms with E-state index in [0.717, 1.165) is 49.1 Å². The number of halogens is 8. The number of aromatic nitrogens is 6. The van der Waals surface area contributed by atoms with Crippen LogP contribution in [0.1, 0.15) is 154 Å². The summed E-state index contributed by atoms with van der Waals surface area (Å²) in [4.78, 5) is 111. The van der Waals surface area contributed by atoms with Crippen LogP contribution in [0.2, 0.25) is 39.3 Å². The fourth-order valence-electron chi connectivity index (χ4n) is 13.9. The molecule has 0 radical (unpaired) electrons. The van der Waals surface area contributed by atoms with E-state index in [1.165, 1.54) is 61.6 Å². The van der Waals surface area contributed by atoms with Crippen LogP contribution in [0.3, 0.4) is 0 Å². The van der Waals surface area contributed by atoms with E-state index in [-0.39, 0.29) is 92.0 Å². The van der Waals surface area contributed by atoms with Crippen LogP contribution in [-0.4, -0.2) is 137 Å². The fourth-order valence-corrected chi connectivity index (χ4v) is 15.5. The van der Waals surface area contributed by atoms with Crippen molar-refractivity contribution in [3.63, 3.8) is 0 Å². The van der Waals surface area contributed by atoms with E-state index in [9.17, 15) is 45.9 Å². The van der Waals surface area contributed by atoms with E-state index < -0.39 is 51.5 Å². The number of hydrogen-bond donors (Lipinski definition) is 2. The van der Waals surface area contributed by atoms with Gasteiger partial charge in [0.2, 0.25) is 5.91 Å². The lowest BCUT2D eigenvalue weighted by atomic mass is 9.98. The molecule has 3 aromatic heterocycles. The summed E-state index contributed by atoms with van der Waals surface area (Å²) in [6.07, 6.45) is 17.9. The van der Waals surface area contributed by atoms with Crippen LogP contribution in [0.5, 0.6) is 0 Å². The van der Waals surface area contributed by atoms with Crippen molar-refractivity contribution in [2.75, 3.05) is 50.6 Å². The molecule has 10 aromatic carbocycles. The maximum Gasteiger partial charge on any atom is 0.393 e. The number of fused-ring (bicyclic) bond motifs is 10. The zero-order chi connectivity index (χ0) is 98.2. The Kier molecular flexibility index (Phi) is 35.3. The Labute approximate surface area is 816 Å². The molecule has 698 valence electrons. The van der Waals surface area contributed by atoms with Crippen LogP contribution >= 0.6 is 47.8 Å². The Morgan fingerprint density at radius 3 is 1.24 bits per heavy atom. The number of esters is 1. The number of rotatable bonds is 14. The summed E-state index contributed by atoms with van der Waals surface area (Å²) >= 11 is 10.1. The highest BCUT2D eigenvalue weighted by atomic mass is 79.9. The van der Waals surface area contributed by atoms with Crippen molar-refractivity contribution in [3.8, 4) is 52.8 Å². The van der Waals surface area contributed by atoms with Gasteiger partial charge < -0.3 is 20.5 Å². The predicted molar refractivity (Wildman–Crippen MR) is 534 cm³/mol. The number of carbonyl (C=O) groups excluding carboxylic acids is 5. The van der Waals surface area contributed by atoms with Gasteiger partial charge in [-0.25, -0.2) is 51.3 Å². The molecule has 0 unspecified atom stereocenters. The van der Waals surface area contributed by atoms with Gasteiger partial charge in [-0.3, -0.25) is 53.0 Å². The molecule has 23 nitrogen and oxygen atoms in total. The zero-order valence-corrected chi connectivity index (χ0v) is 82.7. The van der Waals surface area contributed by atoms with Crippen molar-refractivity contribution in [1.82, 2.24) is 28.7 Å². The highest BCUT2D eigenvalue weighted by molar-refractivity contribution is 9.11. The molecule has 18 rings (SSSR count). The smallest absolute Gasteiger partial charge is 0.393 e. The minimum Gasteiger partial charge on any atom is -0.461 e. The number of carbonyl (C=O) groups is 5. The highest BCUT2D eigenvalue weighted by Gasteiger charge is 2.32. The fraction of sp³-hybridized carbons (Fsp3) is 0.192. The molecule has 1 fully saturated rings. The lowest BCUT2D eigenvalue weighted by Crippen LogP contribution is -2.16. The largest absolute Gasteiger partial charge is 0.461 e. The maximum absolute atomic E-state index is 14.8. The first-order valence-corrected chi connectivity index (χ1v) is 52.5. The average Bonchev–Trinajstić information content (AvgIpc) is 1.63. The first kappa shape index (κ1) is 102. The number of imidazole rings is 3. The molecule has 8 heterocycles. The van der Waals surface area contributed by atoms with Gasteiger partial charge in [-0.2, -0.15) is 9.78 Å². The maximum atomic E-state index is 14.8. The van der Waals surface area contributed by atoms with Gasteiger partial charge in [0, 0.05) is 93.5 Å². The molecule has 0 saturated carbocycles. The van der Waals surface area contributed by atoms with E-state index in [1.54, 1.807) is 164 Å². The molecule has 1 saturated heterocycles. The number of nitrogens with two attached hydrogens (primary N) is 1. The van der Waals surface area contributed by atoms with Crippen molar-refractivity contribution in [2.45, 2.75) is 92.5 Å². The number of amides is 1. The molecule has 33 heteroatoms. The third kappa shape index (κ3) is 26.0. The van der Waals surface area contributed by atoms with Gasteiger partial charge in [0.25, 0.3) is 0 Å². The minimum absolute atomic E-state index is 0.0179. The molecule has 5 aliphatic heterocycles. The van der Waals surface area contributed by atoms with Crippen molar-refractivity contribution in [3.05, 3.63) is 375 Å². The van der Waals surface area contributed by atoms with Gasteiger partial charge in [-0.15, -0.1) is 23.9 Å². The third-order valence-corrected chi connectivity index (χ3v) is 23.6. The summed E-state index contributed by atoms with van der Waals surface area (Å²) in [5.74, 6) is 1.30. The number of nitrogens with one attached hydrogen (secondary N) is 1. The summed E-state index contributed by atoms with van der Waals surface area (Å²) in [6.45, 7) is 21.2. The third-order valence-electron chi connectivity index (χ3n) is 20.4. The predicted octanol–water partition coefficient (Wildman–Crippen LogP) is 21.5. The summed E-state index contributed by atoms with van der Waals surface area (Å²) in [6, 6.07) is 58.8. The van der Waals surface area contributed by atoms with Gasteiger partial charge in [0.1, 0.15) is 70.8 Å². The number of ether oxygens (including phenoxy) is 2. The van der Waals surface area contributed by atoms with Crippen LogP contribution in [0.25, 0.3) is 17.1 Å². The summed E-state index contributed by atoms with van der Waals surface area (Å²) in [5.41, 5.74) is 25.1. The second-order valence-corrected chi connectivity index (χ2v) is 44.6. The number of benzodiazepines with no additional fused rings is 1. The van der Waals surface area contributed by atoms with Gasteiger partial charge in [0.15, 0.2) is 22.9 Å². The van der Waals surface area contributed by atoms with E-state index in [0.29, 0.717) is 107 Å². The number of benzene rings is 10. The molecule has 13 aromatic rings. The first-order valence-electron chi connectivity index (χ1n) is 43.1. The van der Waals surface area contributed by atoms with E-state index in [1.807, 2.05) is 53.1 Å². The first-order chi connectivity index (χ1) is 65.8. The number of hydrogen-bond acceptors (Lipinski definition) is 19. The molecule has 5 aliphatic rings. The normalized spacial score (nSPS) is 12.8. The minimum atomic E-state index is -1.58. The van der Waals surface area contributed by atoms with Crippen molar-refractivity contribution >= 4 is 128 Å². The Balaban J connectivity index is 0.000000151. The van der Waals surface area contributed by atoms with Crippen LogP contribution in [-0.2, 0) is 53.5 Å². The number of ketones is 1. The standard InChI is InChI=1S/C25H24FN3O3Si.C22H16FN3O3.C20H15BrFN3O2.C15H10BrFN2O.C13H9BrFNO.C5H10Si.C4H8O/c1-5-31-32-25(30)24-22-15-27-23(18-8-6-7-9-20(18)26)19-14-17(12-13-33(2,3)4)10-11-21(19)29(22)16-28-24;1-3-14-9-10-18-16(11-14)20(15-7-5-6-8-17(15)23)24-12-19-21(25-13-26(18)19)22(27)29-28-4-2;1-2-27-20(26)19-17-10-23-18(13-5-3-4-6-15(13)22)14-9-12(21)7-8-16(14)25(17)11-24-19;16-9-5-6-13-11(7-9)15(18-8-14(20)19-13)10-3-1-2-4-12(10)17;14-8-5-6-12(16)10(7-8)13(17)9-3-1-2-4-11(9)15;1-5-6(2,3)4;1-2-4-5-3-1/h6-11,14,16H,5,15H2,1-4H3;1,5-11,13H,4,12H2,2H3;3-9,11H,2,10H2,1H3;1-7H,8H2,(H,19,20);1-7H,16H2;1H,2-4H3;1-4H2. The van der Waals surface area contributed by atoms with Crippen molar-refractivity contribution in [2.24, 2.45) is 20.0 Å². The van der Waals surface area contributed by atoms with Crippen LogP contribution in [0, 0.1) is 64.9 Å². The molecule has 1 amide bonds. The quantitative estimate of drug-likeness (QED) is 0.0150. The van der Waals surface area contributed by atoms with Gasteiger partial charge in [0.05, 0.1) is 108 Å². The van der Waals surface area contributed by atoms with E-state index in [4.69, 9.17) is 52.6 Å². The molecular weight excluding hydrogens is 1980 g/mol. The lowest BCUT2D eigenvalue weighted by molar-refractivity contribution is -0.237. The second-order valence-electron chi connectivity index (χ2n) is 32.3. The number of nitrogens with zero attached hydrogens (tertiary/aromatic N) is 10. The Hall–Kier alpha value is -14.1. The number of terminal acetylenes is 2. The van der Waals surface area contributed by atoms with E-state index in [2.05, 4.69) is 145 Å². The second kappa shape index (κ2) is 47.4. The topological polar surface area (TPSA) is 282 Å². The zero-order valence-electron chi connectivity index (χ0n) is 75.9. The van der Waals surface area contributed by atoms with Crippen LogP contribution in [0.4, 0.5) is 33.3 Å². The Morgan fingerprint density at radius 1 is 0.445 bits per heavy atom. The number of anilines is 2. The van der Waals surface area contributed by atoms with Gasteiger partial charge >= 0.3 is 17.9 Å². The average molecular weight is 2080 g/mol. The molecule has 0 atom stereocenters. The molecule has 0 aliphatic carbocycles. The number of nitrogen functional groups attached to an aromatic ring is 1. The van der Waals surface area contributed by atoms with Gasteiger partial charge in [-0.05, 0) is 185 Å². The summed E-state index contributed by atoms with van der Waals surface area (Å²) in [5, 5.41) is 2.77. The number of aliphatic imine (C=N–C) groups is 4. The lowest BCUT2D eigenvalue weighted by Gasteiger charge is -2.13. The van der Waals surface area contributed by atoms with Crippen molar-refractivity contribution < 1.29 is 74.9 Å². The molecule has 0 bridgehead atoms. The van der Waals surface area contributed by atoms with Gasteiger partial charge in [-0.1, -0.05) is 160 Å². The monoisotopic (exact) mass is 2070 g/mol. The van der Waals surface area contributed by atoms with E-state index >= 15 is 0 Å². The molecule has 3 N–H and O–H groups in total. The molecular formula is C104H92Br3F5N12O11Si2. The SMILES string of the molecule is C#C[Si](C)(C)C.C#Cc1ccc2c(c1)C(c1ccccc1F)=NCc1c(C(=O)OOCC)ncn1-2.C1CCOC1.CCOC(=O)c1ncn2c1CN=C(c1ccccc1F)c1cc(Br)ccc1-2.CCOOC(=O)c1ncn2c1CN=C(c1ccccc1F)c1cc(C#C[Si](C)(C)C)ccc1-2.Nc1ccc(Br)cc1C(=O)c1ccccc1F.O=C1CN=C(c2ccccc2F)c2cc(Br)ccc2N1. The molecule has 137 heavy (non-hydrogen) atoms. The Morgan fingerprint density at radius 2 is 0.825 bits per heavy atom. The summed E-state index contributed by atoms with van der Waals surface area (Å²) in [7, 11) is -2.69. The highest BCUT2D eigenvalue weighted by Crippen LogP contribution is 2.36. The summed E-state index contributed by atoms with van der Waals surface area (Å²) < 4.78 is 89.1. The van der Waals surface area contributed by atoms with Crippen LogP contribution < -0.4 is 11.1 Å². The van der Waals surface area contributed by atoms with Crippen molar-refractivity contribution in [1.29, 1.82) is 0 Å². The molecule has 0 spiro atoms. The van der Waals surface area contributed by atoms with Crippen LogP contribution in [0.15, 0.2) is 265 Å².